The number of Topliss-reactive ketones (excluding diaryl/α,β-unsaturated/α-hetero) is 1. The Morgan fingerprint density at radius 2 is 1.81 bits per heavy atom. The monoisotopic (exact) mass is 495 g/mol. The van der Waals surface area contributed by atoms with Crippen LogP contribution in [0.15, 0.2) is 54.1 Å². The van der Waals surface area contributed by atoms with E-state index in [1.54, 1.807) is 48.5 Å². The van der Waals surface area contributed by atoms with Crippen molar-refractivity contribution in [1.29, 1.82) is 0 Å². The minimum atomic E-state index is -0.789. The first-order chi connectivity index (χ1) is 17.4. The van der Waals surface area contributed by atoms with Crippen molar-refractivity contribution >= 4 is 23.4 Å². The van der Waals surface area contributed by atoms with Crippen LogP contribution < -0.4 is 9.64 Å². The lowest BCUT2D eigenvalue weighted by Crippen LogP contribution is -3.14. The third kappa shape index (κ3) is 5.27. The molecule has 2 aliphatic heterocycles. The van der Waals surface area contributed by atoms with Gasteiger partial charge in [-0.25, -0.2) is 4.79 Å². The van der Waals surface area contributed by atoms with Gasteiger partial charge in [0, 0.05) is 18.5 Å². The number of carbonyl (C=O) groups is 3. The second kappa shape index (κ2) is 11.4. The summed E-state index contributed by atoms with van der Waals surface area (Å²) in [5.74, 6) is -1.63. The van der Waals surface area contributed by atoms with Gasteiger partial charge in [0.15, 0.2) is 0 Å². The van der Waals surface area contributed by atoms with Gasteiger partial charge in [0.25, 0.3) is 11.7 Å². The number of hydrogen-bond donors (Lipinski definition) is 2. The lowest BCUT2D eigenvalue weighted by atomic mass is 9.94. The van der Waals surface area contributed by atoms with Crippen LogP contribution in [-0.2, 0) is 19.1 Å². The minimum Gasteiger partial charge on any atom is -0.507 e. The van der Waals surface area contributed by atoms with Crippen LogP contribution >= 0.6 is 0 Å². The summed E-state index contributed by atoms with van der Waals surface area (Å²) in [5, 5.41) is 11.2. The van der Waals surface area contributed by atoms with Crippen molar-refractivity contribution < 1.29 is 38.6 Å². The van der Waals surface area contributed by atoms with Crippen molar-refractivity contribution in [3.8, 4) is 5.75 Å². The molecule has 0 aromatic heterocycles. The number of ether oxygens (including phenoxy) is 3. The standard InChI is InChI=1S/C27H30N2O7/c1-34-21-6-3-5-20(17-21)24(30)22-23(18-7-9-19(10-8-18)27(33)35-2)29(26(32)25(22)31)12-4-11-28-13-15-36-16-14-28/h3,5-10,17,23,30H,4,11-16H2,1-2H3/p+1/b24-22+/t23-/m1/s1. The minimum absolute atomic E-state index is 0.0118. The molecule has 9 nitrogen and oxygen atoms in total. The van der Waals surface area contributed by atoms with Gasteiger partial charge in [0.2, 0.25) is 0 Å². The highest BCUT2D eigenvalue weighted by Crippen LogP contribution is 2.39. The van der Waals surface area contributed by atoms with Crippen LogP contribution in [0.3, 0.4) is 0 Å². The molecule has 2 fully saturated rings. The number of likely N-dealkylation sites (tertiary alicyclic amines) is 1. The Morgan fingerprint density at radius 1 is 1.08 bits per heavy atom. The molecule has 0 bridgehead atoms. The SMILES string of the molecule is COC(=O)c1ccc([C@@H]2/C(=C(\O)c3cccc(OC)c3)C(=O)C(=O)N2CCC[NH+]2CCOCC2)cc1. The highest BCUT2D eigenvalue weighted by molar-refractivity contribution is 6.46. The molecule has 2 heterocycles. The number of carbonyl (C=O) groups excluding carboxylic acids is 3. The van der Waals surface area contributed by atoms with Gasteiger partial charge in [0.05, 0.1) is 51.2 Å². The van der Waals surface area contributed by atoms with Crippen molar-refractivity contribution in [2.24, 2.45) is 0 Å². The Balaban J connectivity index is 1.69. The third-order valence-electron chi connectivity index (χ3n) is 6.66. The van der Waals surface area contributed by atoms with Crippen LogP contribution in [0.5, 0.6) is 5.75 Å². The fraction of sp³-hybridized carbons (Fsp3) is 0.370. The van der Waals surface area contributed by atoms with Gasteiger partial charge in [0.1, 0.15) is 24.6 Å². The predicted octanol–water partition coefficient (Wildman–Crippen LogP) is 1.21. The van der Waals surface area contributed by atoms with Gasteiger partial charge in [-0.15, -0.1) is 0 Å². The normalized spacial score (nSPS) is 19.9. The summed E-state index contributed by atoms with van der Waals surface area (Å²) in [6.45, 7) is 4.45. The number of hydrogen-bond acceptors (Lipinski definition) is 7. The van der Waals surface area contributed by atoms with Crippen molar-refractivity contribution in [2.45, 2.75) is 12.5 Å². The summed E-state index contributed by atoms with van der Waals surface area (Å²) in [4.78, 5) is 41.2. The van der Waals surface area contributed by atoms with E-state index in [1.165, 1.54) is 24.0 Å². The van der Waals surface area contributed by atoms with E-state index >= 15 is 0 Å². The Labute approximate surface area is 209 Å². The molecular weight excluding hydrogens is 464 g/mol. The molecule has 190 valence electrons. The molecule has 36 heavy (non-hydrogen) atoms. The summed E-state index contributed by atoms with van der Waals surface area (Å²) in [6.07, 6.45) is 0.693. The molecule has 0 aliphatic carbocycles. The Morgan fingerprint density at radius 3 is 2.47 bits per heavy atom. The van der Waals surface area contributed by atoms with E-state index in [-0.39, 0.29) is 11.3 Å². The molecule has 2 aliphatic rings. The van der Waals surface area contributed by atoms with Crippen LogP contribution in [0.1, 0.15) is 33.9 Å². The molecule has 4 rings (SSSR count). The number of amides is 1. The number of nitrogens with one attached hydrogen (secondary N) is 1. The molecule has 2 N–H and O–H groups in total. The molecular formula is C27H31N2O7+. The molecule has 9 heteroatoms. The Hall–Kier alpha value is -3.69. The first-order valence-electron chi connectivity index (χ1n) is 12.0. The fourth-order valence-corrected chi connectivity index (χ4v) is 4.71. The summed E-state index contributed by atoms with van der Waals surface area (Å²) in [6, 6.07) is 12.5. The highest BCUT2D eigenvalue weighted by atomic mass is 16.5. The quantitative estimate of drug-likeness (QED) is 0.245. The van der Waals surface area contributed by atoms with Crippen LogP contribution in [0.4, 0.5) is 0 Å². The zero-order chi connectivity index (χ0) is 25.7. The number of morpholine rings is 1. The average Bonchev–Trinajstić information content (AvgIpc) is 3.18. The Kier molecular flexibility index (Phi) is 8.02. The summed E-state index contributed by atoms with van der Waals surface area (Å²) in [5.41, 5.74) is 1.35. The largest absolute Gasteiger partial charge is 0.507 e. The second-order valence-electron chi connectivity index (χ2n) is 8.80. The zero-order valence-electron chi connectivity index (χ0n) is 20.5. The maximum absolute atomic E-state index is 13.2. The Bertz CT molecular complexity index is 1150. The van der Waals surface area contributed by atoms with Gasteiger partial charge in [-0.05, 0) is 29.8 Å². The van der Waals surface area contributed by atoms with Gasteiger partial charge >= 0.3 is 5.97 Å². The molecule has 2 aromatic rings. The second-order valence-corrected chi connectivity index (χ2v) is 8.80. The van der Waals surface area contributed by atoms with Gasteiger partial charge in [-0.3, -0.25) is 9.59 Å². The maximum Gasteiger partial charge on any atom is 0.337 e. The molecule has 0 saturated carbocycles. The number of aliphatic hydroxyl groups is 1. The predicted molar refractivity (Wildman–Crippen MR) is 131 cm³/mol. The van der Waals surface area contributed by atoms with Gasteiger partial charge < -0.3 is 29.1 Å². The molecule has 1 atom stereocenters. The summed E-state index contributed by atoms with van der Waals surface area (Å²) < 4.78 is 15.4. The number of rotatable bonds is 8. The molecule has 0 spiro atoms. The van der Waals surface area contributed by atoms with Crippen LogP contribution in [0, 0.1) is 0 Å². The third-order valence-corrected chi connectivity index (χ3v) is 6.66. The number of aliphatic hydroxyl groups excluding tert-OH is 1. The van der Waals surface area contributed by atoms with E-state index in [0.717, 1.165) is 19.6 Å². The van der Waals surface area contributed by atoms with Crippen LogP contribution in [-0.4, -0.2) is 81.3 Å². The maximum atomic E-state index is 13.2. The summed E-state index contributed by atoms with van der Waals surface area (Å²) >= 11 is 0. The first-order valence-corrected chi connectivity index (χ1v) is 12.0. The lowest BCUT2D eigenvalue weighted by molar-refractivity contribution is -0.908. The smallest absolute Gasteiger partial charge is 0.337 e. The lowest BCUT2D eigenvalue weighted by Gasteiger charge is -2.27. The number of methoxy groups -OCH3 is 2. The number of benzene rings is 2. The number of ketones is 1. The van der Waals surface area contributed by atoms with E-state index in [1.807, 2.05) is 0 Å². The molecule has 1 amide bonds. The van der Waals surface area contributed by atoms with E-state index in [0.29, 0.717) is 48.6 Å². The first kappa shape index (κ1) is 25.4. The van der Waals surface area contributed by atoms with E-state index in [9.17, 15) is 19.5 Å². The number of nitrogens with zero attached hydrogens (tertiary/aromatic N) is 1. The van der Waals surface area contributed by atoms with Crippen molar-refractivity contribution in [3.63, 3.8) is 0 Å². The van der Waals surface area contributed by atoms with Crippen molar-refractivity contribution in [2.75, 3.05) is 53.6 Å². The average molecular weight is 496 g/mol. The van der Waals surface area contributed by atoms with Crippen molar-refractivity contribution in [3.05, 3.63) is 70.8 Å². The summed E-state index contributed by atoms with van der Waals surface area (Å²) in [7, 11) is 2.81. The number of quaternary nitrogens is 1. The molecule has 2 saturated heterocycles. The van der Waals surface area contributed by atoms with Gasteiger partial charge in [-0.1, -0.05) is 24.3 Å². The van der Waals surface area contributed by atoms with Crippen LogP contribution in [0.2, 0.25) is 0 Å². The molecule has 2 aromatic carbocycles. The highest BCUT2D eigenvalue weighted by Gasteiger charge is 2.46. The van der Waals surface area contributed by atoms with Crippen molar-refractivity contribution in [1.82, 2.24) is 4.90 Å². The zero-order valence-corrected chi connectivity index (χ0v) is 20.5. The molecule has 0 unspecified atom stereocenters. The topological polar surface area (TPSA) is 107 Å². The van der Waals surface area contributed by atoms with Crippen LogP contribution in [0.25, 0.3) is 5.76 Å². The fourth-order valence-electron chi connectivity index (χ4n) is 4.71. The molecule has 0 radical (unpaired) electrons. The van der Waals surface area contributed by atoms with Gasteiger partial charge in [-0.2, -0.15) is 0 Å². The van der Waals surface area contributed by atoms with E-state index in [2.05, 4.69) is 0 Å². The van der Waals surface area contributed by atoms with E-state index < -0.39 is 23.7 Å². The number of esters is 1. The van der Waals surface area contributed by atoms with E-state index in [4.69, 9.17) is 14.2 Å².